The summed E-state index contributed by atoms with van der Waals surface area (Å²) < 4.78 is 0. The highest BCUT2D eigenvalue weighted by Gasteiger charge is 2.22. The summed E-state index contributed by atoms with van der Waals surface area (Å²) in [4.78, 5) is 10.9. The average Bonchev–Trinajstić information content (AvgIpc) is 2.15. The monoisotopic (exact) mass is 190 g/mol. The number of nitrogens with one attached hydrogen (secondary N) is 2. The number of rotatable bonds is 5. The lowest BCUT2D eigenvalue weighted by Crippen LogP contribution is -2.44. The molecule has 78 valence electrons. The second-order valence-corrected chi connectivity index (χ2v) is 3.34. The highest BCUT2D eigenvalue weighted by molar-refractivity contribution is 5.73. The van der Waals surface area contributed by atoms with Crippen molar-refractivity contribution in [1.29, 1.82) is 0 Å². The molecular weight excluding hydrogens is 172 g/mol. The first-order chi connectivity index (χ1) is 6.08. The summed E-state index contributed by atoms with van der Waals surface area (Å²) in [6, 6.07) is -0.282. The maximum Gasteiger partial charge on any atom is 0.314 e. The average molecular weight is 190 g/mol. The first-order valence-electron chi connectivity index (χ1n) is 4.31. The van der Waals surface area contributed by atoms with Gasteiger partial charge in [-0.1, -0.05) is 6.92 Å². The van der Waals surface area contributed by atoms with Crippen LogP contribution in [0.2, 0.25) is 0 Å². The van der Waals surface area contributed by atoms with Gasteiger partial charge in [0.05, 0.1) is 13.2 Å². The molecule has 0 aromatic carbocycles. The smallest absolute Gasteiger partial charge is 0.314 e. The van der Waals surface area contributed by atoms with E-state index >= 15 is 0 Å². The van der Waals surface area contributed by atoms with Gasteiger partial charge in [0.25, 0.3) is 0 Å². The molecule has 0 fully saturated rings. The van der Waals surface area contributed by atoms with Gasteiger partial charge in [-0.15, -0.1) is 0 Å². The van der Waals surface area contributed by atoms with E-state index in [9.17, 15) is 4.79 Å². The van der Waals surface area contributed by atoms with Gasteiger partial charge in [0.15, 0.2) is 0 Å². The summed E-state index contributed by atoms with van der Waals surface area (Å²) in [6.45, 7) is 4.01. The van der Waals surface area contributed by atoms with Gasteiger partial charge in [-0.3, -0.25) is 0 Å². The first kappa shape index (κ1) is 12.2. The van der Waals surface area contributed by atoms with Crippen LogP contribution in [0, 0.1) is 5.41 Å². The lowest BCUT2D eigenvalue weighted by molar-refractivity contribution is 0.0717. The lowest BCUT2D eigenvalue weighted by Gasteiger charge is -2.24. The Hall–Kier alpha value is -0.810. The Morgan fingerprint density at radius 3 is 2.23 bits per heavy atom. The zero-order valence-electron chi connectivity index (χ0n) is 8.13. The third-order valence-corrected chi connectivity index (χ3v) is 1.78. The molecule has 13 heavy (non-hydrogen) atoms. The summed E-state index contributed by atoms with van der Waals surface area (Å²) in [5, 5.41) is 22.9. The van der Waals surface area contributed by atoms with Gasteiger partial charge < -0.3 is 20.8 Å². The third-order valence-electron chi connectivity index (χ3n) is 1.78. The first-order valence-corrected chi connectivity index (χ1v) is 4.31. The fraction of sp³-hybridized carbons (Fsp3) is 0.875. The Morgan fingerprint density at radius 1 is 1.31 bits per heavy atom. The van der Waals surface area contributed by atoms with E-state index in [1.54, 1.807) is 6.92 Å². The molecule has 0 heterocycles. The summed E-state index contributed by atoms with van der Waals surface area (Å²) in [5.74, 6) is 0. The van der Waals surface area contributed by atoms with Crippen molar-refractivity contribution in [2.45, 2.75) is 13.8 Å². The van der Waals surface area contributed by atoms with Crippen molar-refractivity contribution in [3.8, 4) is 0 Å². The minimum atomic E-state index is -0.648. The zero-order valence-corrected chi connectivity index (χ0v) is 8.13. The third kappa shape index (κ3) is 4.69. The van der Waals surface area contributed by atoms with Crippen molar-refractivity contribution < 1.29 is 15.0 Å². The standard InChI is InChI=1S/C8H18N2O3/c1-3-9-7(13)10-4-8(2,5-11)6-12/h11-12H,3-6H2,1-2H3,(H2,9,10,13). The van der Waals surface area contributed by atoms with E-state index in [0.29, 0.717) is 6.54 Å². The highest BCUT2D eigenvalue weighted by atomic mass is 16.3. The van der Waals surface area contributed by atoms with Crippen LogP contribution in [0.1, 0.15) is 13.8 Å². The second kappa shape index (κ2) is 5.77. The van der Waals surface area contributed by atoms with Crippen LogP contribution in [0.3, 0.4) is 0 Å². The Kier molecular flexibility index (Phi) is 5.41. The minimum Gasteiger partial charge on any atom is -0.396 e. The SMILES string of the molecule is CCNC(=O)NCC(C)(CO)CO. The van der Waals surface area contributed by atoms with Gasteiger partial charge in [0.1, 0.15) is 0 Å². The molecule has 0 atom stereocenters. The maximum atomic E-state index is 10.9. The number of hydrogen-bond acceptors (Lipinski definition) is 3. The van der Waals surface area contributed by atoms with Crippen LogP contribution >= 0.6 is 0 Å². The van der Waals surface area contributed by atoms with Gasteiger partial charge >= 0.3 is 6.03 Å². The number of aliphatic hydroxyl groups excluding tert-OH is 2. The molecule has 0 aromatic heterocycles. The fourth-order valence-corrected chi connectivity index (χ4v) is 0.679. The Bertz CT molecular complexity index is 157. The van der Waals surface area contributed by atoms with Gasteiger partial charge in [-0.2, -0.15) is 0 Å². The number of aliphatic hydroxyl groups is 2. The molecule has 5 heteroatoms. The minimum absolute atomic E-state index is 0.157. The number of hydrogen-bond donors (Lipinski definition) is 4. The number of carbonyl (C=O) groups is 1. The van der Waals surface area contributed by atoms with E-state index in [0.717, 1.165) is 0 Å². The molecule has 0 aliphatic carbocycles. The molecule has 4 N–H and O–H groups in total. The molecule has 0 saturated carbocycles. The van der Waals surface area contributed by atoms with E-state index in [1.165, 1.54) is 0 Å². The summed E-state index contributed by atoms with van der Waals surface area (Å²) >= 11 is 0. The quantitative estimate of drug-likeness (QED) is 0.462. The molecule has 0 aliphatic rings. The van der Waals surface area contributed by atoms with Crippen LogP contribution in [0.25, 0.3) is 0 Å². The second-order valence-electron chi connectivity index (χ2n) is 3.34. The molecule has 2 amide bonds. The molecule has 0 saturated heterocycles. The van der Waals surface area contributed by atoms with Crippen molar-refractivity contribution >= 4 is 6.03 Å². The normalized spacial score (nSPS) is 11.1. The number of amides is 2. The van der Waals surface area contributed by atoms with E-state index in [-0.39, 0.29) is 25.8 Å². The van der Waals surface area contributed by atoms with E-state index < -0.39 is 5.41 Å². The van der Waals surface area contributed by atoms with Gasteiger partial charge in [-0.25, -0.2) is 4.79 Å². The van der Waals surface area contributed by atoms with Crippen molar-refractivity contribution in [1.82, 2.24) is 10.6 Å². The van der Waals surface area contributed by atoms with E-state index in [1.807, 2.05) is 6.92 Å². The zero-order chi connectivity index (χ0) is 10.3. The maximum absolute atomic E-state index is 10.9. The van der Waals surface area contributed by atoms with Crippen LogP contribution in [-0.4, -0.2) is 42.5 Å². The van der Waals surface area contributed by atoms with E-state index in [2.05, 4.69) is 10.6 Å². The molecule has 0 aliphatic heterocycles. The highest BCUT2D eigenvalue weighted by Crippen LogP contribution is 2.11. The Labute approximate surface area is 78.1 Å². The molecule has 0 radical (unpaired) electrons. The van der Waals surface area contributed by atoms with Gasteiger partial charge in [0.2, 0.25) is 0 Å². The predicted molar refractivity (Wildman–Crippen MR) is 49.4 cm³/mol. The summed E-state index contributed by atoms with van der Waals surface area (Å²) in [6.07, 6.45) is 0. The molecule has 0 aromatic rings. The largest absolute Gasteiger partial charge is 0.396 e. The number of urea groups is 1. The predicted octanol–water partition coefficient (Wildman–Crippen LogP) is -0.704. The Morgan fingerprint density at radius 2 is 1.85 bits per heavy atom. The topological polar surface area (TPSA) is 81.6 Å². The van der Waals surface area contributed by atoms with Crippen LogP contribution < -0.4 is 10.6 Å². The lowest BCUT2D eigenvalue weighted by atomic mass is 9.93. The molecule has 0 rings (SSSR count). The van der Waals surface area contributed by atoms with Crippen LogP contribution in [0.15, 0.2) is 0 Å². The van der Waals surface area contributed by atoms with Crippen LogP contribution in [0.4, 0.5) is 4.79 Å². The Balaban J connectivity index is 3.78. The van der Waals surface area contributed by atoms with Crippen molar-refractivity contribution in [2.24, 2.45) is 5.41 Å². The molecular formula is C8H18N2O3. The van der Waals surface area contributed by atoms with Crippen LogP contribution in [-0.2, 0) is 0 Å². The van der Waals surface area contributed by atoms with Crippen molar-refractivity contribution in [3.05, 3.63) is 0 Å². The molecule has 0 unspecified atom stereocenters. The molecule has 5 nitrogen and oxygen atoms in total. The molecule has 0 bridgehead atoms. The van der Waals surface area contributed by atoms with Crippen molar-refractivity contribution in [3.63, 3.8) is 0 Å². The number of carbonyl (C=O) groups excluding carboxylic acids is 1. The van der Waals surface area contributed by atoms with E-state index in [4.69, 9.17) is 10.2 Å². The molecule has 0 spiro atoms. The fourth-order valence-electron chi connectivity index (χ4n) is 0.679. The summed E-state index contributed by atoms with van der Waals surface area (Å²) in [5.41, 5.74) is -0.648. The van der Waals surface area contributed by atoms with Gasteiger partial charge in [0, 0.05) is 18.5 Å². The van der Waals surface area contributed by atoms with Crippen LogP contribution in [0.5, 0.6) is 0 Å². The van der Waals surface area contributed by atoms with Crippen molar-refractivity contribution in [2.75, 3.05) is 26.3 Å². The summed E-state index contributed by atoms with van der Waals surface area (Å²) in [7, 11) is 0. The van der Waals surface area contributed by atoms with Gasteiger partial charge in [-0.05, 0) is 6.92 Å².